The fraction of sp³-hybridized carbons (Fsp3) is 0.286. The number of aliphatic hydroxyl groups is 1. The molecule has 2 aromatic rings. The molecule has 0 aliphatic rings. The van der Waals surface area contributed by atoms with Gasteiger partial charge in [-0.3, -0.25) is 0 Å². The van der Waals surface area contributed by atoms with Crippen LogP contribution < -0.4 is 0 Å². The summed E-state index contributed by atoms with van der Waals surface area (Å²) in [5.74, 6) is -0.641. The first kappa shape index (κ1) is 16.1. The molecule has 1 N–H and O–H groups in total. The maximum atomic E-state index is 13.4. The van der Waals surface area contributed by atoms with E-state index < -0.39 is 22.4 Å². The van der Waals surface area contributed by atoms with E-state index in [1.807, 2.05) is 17.5 Å². The van der Waals surface area contributed by atoms with Crippen molar-refractivity contribution in [3.05, 3.63) is 52.0 Å². The van der Waals surface area contributed by atoms with Crippen molar-refractivity contribution in [3.8, 4) is 0 Å². The van der Waals surface area contributed by atoms with Crippen LogP contribution in [0.15, 0.2) is 40.6 Å². The van der Waals surface area contributed by atoms with E-state index >= 15 is 0 Å². The van der Waals surface area contributed by atoms with E-state index in [1.165, 1.54) is 21.7 Å². The molecule has 0 spiro atoms. The van der Waals surface area contributed by atoms with E-state index in [-0.39, 0.29) is 23.5 Å². The van der Waals surface area contributed by atoms with Gasteiger partial charge in [0.15, 0.2) is 0 Å². The van der Waals surface area contributed by atoms with Gasteiger partial charge in [0.2, 0.25) is 10.0 Å². The standard InChI is InChI=1S/C14H16FNO3S2/c1-2-16(9-13-4-3-7-20-13)21(18,19)14-8-12(15)6-5-11(14)10-17/h3-8,17H,2,9-10H2,1H3. The molecule has 2 rings (SSSR count). The predicted octanol–water partition coefficient (Wildman–Crippen LogP) is 2.59. The van der Waals surface area contributed by atoms with Crippen molar-refractivity contribution in [1.82, 2.24) is 4.31 Å². The van der Waals surface area contributed by atoms with Gasteiger partial charge in [-0.15, -0.1) is 11.3 Å². The number of hydrogen-bond donors (Lipinski definition) is 1. The minimum absolute atomic E-state index is 0.177. The third kappa shape index (κ3) is 3.49. The molecule has 0 radical (unpaired) electrons. The number of halogens is 1. The van der Waals surface area contributed by atoms with Crippen molar-refractivity contribution in [2.75, 3.05) is 6.54 Å². The number of aliphatic hydroxyl groups excluding tert-OH is 1. The van der Waals surface area contributed by atoms with Gasteiger partial charge in [0.05, 0.1) is 11.5 Å². The SMILES string of the molecule is CCN(Cc1cccs1)S(=O)(=O)c1cc(F)ccc1CO. The summed E-state index contributed by atoms with van der Waals surface area (Å²) in [5.41, 5.74) is 0.195. The van der Waals surface area contributed by atoms with Crippen LogP contribution in [0.3, 0.4) is 0 Å². The Bertz CT molecular complexity index is 699. The average Bonchev–Trinajstić information content (AvgIpc) is 2.97. The molecular weight excluding hydrogens is 313 g/mol. The number of hydrogen-bond acceptors (Lipinski definition) is 4. The van der Waals surface area contributed by atoms with Crippen LogP contribution in [0.25, 0.3) is 0 Å². The summed E-state index contributed by atoms with van der Waals surface area (Å²) in [6.07, 6.45) is 0. The highest BCUT2D eigenvalue weighted by Gasteiger charge is 2.26. The van der Waals surface area contributed by atoms with Gasteiger partial charge in [0.1, 0.15) is 5.82 Å². The van der Waals surface area contributed by atoms with Crippen LogP contribution in [-0.2, 0) is 23.2 Å². The molecule has 7 heteroatoms. The van der Waals surface area contributed by atoms with Crippen LogP contribution in [0.1, 0.15) is 17.4 Å². The topological polar surface area (TPSA) is 57.6 Å². The lowest BCUT2D eigenvalue weighted by Gasteiger charge is -2.21. The summed E-state index contributed by atoms with van der Waals surface area (Å²) in [6, 6.07) is 7.09. The number of sulfonamides is 1. The van der Waals surface area contributed by atoms with Crippen molar-refractivity contribution < 1.29 is 17.9 Å². The zero-order valence-corrected chi connectivity index (χ0v) is 13.1. The van der Waals surface area contributed by atoms with E-state index in [2.05, 4.69) is 0 Å². The van der Waals surface area contributed by atoms with Crippen molar-refractivity contribution in [2.45, 2.75) is 25.0 Å². The van der Waals surface area contributed by atoms with Gasteiger partial charge in [0, 0.05) is 18.0 Å². The highest BCUT2D eigenvalue weighted by molar-refractivity contribution is 7.89. The summed E-state index contributed by atoms with van der Waals surface area (Å²) in [7, 11) is -3.85. The molecule has 1 aromatic heterocycles. The number of rotatable bonds is 6. The van der Waals surface area contributed by atoms with Crippen LogP contribution in [-0.4, -0.2) is 24.4 Å². The molecule has 1 aromatic carbocycles. The van der Waals surface area contributed by atoms with E-state index in [0.29, 0.717) is 0 Å². The summed E-state index contributed by atoms with van der Waals surface area (Å²) >= 11 is 1.46. The normalized spacial score (nSPS) is 12.0. The van der Waals surface area contributed by atoms with Crippen molar-refractivity contribution in [2.24, 2.45) is 0 Å². The van der Waals surface area contributed by atoms with E-state index in [4.69, 9.17) is 0 Å². The molecule has 0 aliphatic carbocycles. The molecule has 0 aliphatic heterocycles. The Morgan fingerprint density at radius 2 is 2.10 bits per heavy atom. The van der Waals surface area contributed by atoms with Crippen molar-refractivity contribution in [3.63, 3.8) is 0 Å². The lowest BCUT2D eigenvalue weighted by atomic mass is 10.2. The highest BCUT2D eigenvalue weighted by Crippen LogP contribution is 2.24. The molecule has 0 fully saturated rings. The maximum Gasteiger partial charge on any atom is 0.243 e. The number of nitrogens with zero attached hydrogens (tertiary/aromatic N) is 1. The summed E-state index contributed by atoms with van der Waals surface area (Å²) < 4.78 is 40.0. The van der Waals surface area contributed by atoms with Gasteiger partial charge in [-0.25, -0.2) is 12.8 Å². The van der Waals surface area contributed by atoms with Gasteiger partial charge < -0.3 is 5.11 Å². The molecule has 0 bridgehead atoms. The molecule has 0 atom stereocenters. The van der Waals surface area contributed by atoms with Crippen LogP contribution in [0.5, 0.6) is 0 Å². The smallest absolute Gasteiger partial charge is 0.243 e. The quantitative estimate of drug-likeness (QED) is 0.886. The molecule has 0 saturated carbocycles. The molecule has 0 saturated heterocycles. The van der Waals surface area contributed by atoms with E-state index in [1.54, 1.807) is 6.92 Å². The average molecular weight is 329 g/mol. The zero-order valence-electron chi connectivity index (χ0n) is 11.5. The second kappa shape index (κ2) is 6.65. The molecule has 0 unspecified atom stereocenters. The van der Waals surface area contributed by atoms with Crippen LogP contribution in [0.4, 0.5) is 4.39 Å². The second-order valence-corrected chi connectivity index (χ2v) is 7.36. The van der Waals surface area contributed by atoms with Gasteiger partial charge in [-0.1, -0.05) is 19.1 Å². The van der Waals surface area contributed by atoms with Crippen LogP contribution >= 0.6 is 11.3 Å². The summed E-state index contributed by atoms with van der Waals surface area (Å²) in [5, 5.41) is 11.2. The van der Waals surface area contributed by atoms with Crippen molar-refractivity contribution in [1.29, 1.82) is 0 Å². The Balaban J connectivity index is 2.41. The van der Waals surface area contributed by atoms with Gasteiger partial charge >= 0.3 is 0 Å². The Morgan fingerprint density at radius 1 is 1.33 bits per heavy atom. The molecule has 114 valence electrons. The minimum atomic E-state index is -3.85. The number of benzene rings is 1. The van der Waals surface area contributed by atoms with Crippen molar-refractivity contribution >= 4 is 21.4 Å². The predicted molar refractivity (Wildman–Crippen MR) is 79.9 cm³/mol. The molecule has 0 amide bonds. The third-order valence-electron chi connectivity index (χ3n) is 3.08. The van der Waals surface area contributed by atoms with E-state index in [9.17, 15) is 17.9 Å². The Kier molecular flexibility index (Phi) is 5.10. The molecule has 21 heavy (non-hydrogen) atoms. The first-order valence-corrected chi connectivity index (χ1v) is 8.72. The fourth-order valence-corrected chi connectivity index (χ4v) is 4.44. The first-order chi connectivity index (χ1) is 9.98. The first-order valence-electron chi connectivity index (χ1n) is 6.41. The van der Waals surface area contributed by atoms with Crippen LogP contribution in [0.2, 0.25) is 0 Å². The lowest BCUT2D eigenvalue weighted by molar-refractivity contribution is 0.277. The second-order valence-electron chi connectivity index (χ2n) is 4.42. The van der Waals surface area contributed by atoms with Crippen LogP contribution in [0, 0.1) is 5.82 Å². The monoisotopic (exact) mass is 329 g/mol. The van der Waals surface area contributed by atoms with Gasteiger partial charge in [-0.05, 0) is 29.1 Å². The Hall–Kier alpha value is -1.28. The Labute approximate surface area is 127 Å². The third-order valence-corrected chi connectivity index (χ3v) is 5.95. The summed E-state index contributed by atoms with van der Waals surface area (Å²) in [4.78, 5) is 0.728. The van der Waals surface area contributed by atoms with Gasteiger partial charge in [0.25, 0.3) is 0 Å². The van der Waals surface area contributed by atoms with E-state index in [0.717, 1.165) is 17.0 Å². The largest absolute Gasteiger partial charge is 0.392 e. The Morgan fingerprint density at radius 3 is 2.67 bits per heavy atom. The minimum Gasteiger partial charge on any atom is -0.392 e. The lowest BCUT2D eigenvalue weighted by Crippen LogP contribution is -2.31. The molecular formula is C14H16FNO3S2. The zero-order chi connectivity index (χ0) is 15.5. The molecule has 1 heterocycles. The van der Waals surface area contributed by atoms with Gasteiger partial charge in [-0.2, -0.15) is 4.31 Å². The summed E-state index contributed by atoms with van der Waals surface area (Å²) in [6.45, 7) is 1.77. The molecule has 4 nitrogen and oxygen atoms in total. The fourth-order valence-electron chi connectivity index (χ4n) is 1.98. The number of thiophene rings is 1. The maximum absolute atomic E-state index is 13.4. The highest BCUT2D eigenvalue weighted by atomic mass is 32.2.